The molecule has 0 aliphatic carbocycles. The van der Waals surface area contributed by atoms with Crippen molar-refractivity contribution in [3.05, 3.63) is 23.8 Å². The molecule has 1 amide bonds. The third-order valence-electron chi connectivity index (χ3n) is 3.66. The van der Waals surface area contributed by atoms with Gasteiger partial charge in [0.1, 0.15) is 5.75 Å². The van der Waals surface area contributed by atoms with Crippen molar-refractivity contribution in [2.75, 3.05) is 18.4 Å². The molecule has 1 aromatic carbocycles. The van der Waals surface area contributed by atoms with E-state index >= 15 is 0 Å². The number of alkyl halides is 2. The Morgan fingerprint density at radius 2 is 2.27 bits per heavy atom. The van der Waals surface area contributed by atoms with Crippen LogP contribution in [0.1, 0.15) is 24.8 Å². The summed E-state index contributed by atoms with van der Waals surface area (Å²) in [6, 6.07) is 4.79. The second-order valence-corrected chi connectivity index (χ2v) is 5.27. The van der Waals surface area contributed by atoms with Gasteiger partial charge < -0.3 is 15.4 Å². The minimum Gasteiger partial charge on any atom is -0.433 e. The van der Waals surface area contributed by atoms with Gasteiger partial charge in [-0.15, -0.1) is 12.4 Å². The number of hydrogen-bond donors (Lipinski definition) is 2. The molecule has 1 fully saturated rings. The van der Waals surface area contributed by atoms with E-state index in [9.17, 15) is 13.6 Å². The lowest BCUT2D eigenvalue weighted by atomic mass is 10.0. The highest BCUT2D eigenvalue weighted by atomic mass is 35.5. The Bertz CT molecular complexity index is 494. The molecule has 4 nitrogen and oxygen atoms in total. The number of para-hydroxylation sites is 1. The zero-order valence-electron chi connectivity index (χ0n) is 12.4. The van der Waals surface area contributed by atoms with E-state index in [1.54, 1.807) is 19.1 Å². The van der Waals surface area contributed by atoms with Crippen LogP contribution in [-0.4, -0.2) is 25.6 Å². The summed E-state index contributed by atoms with van der Waals surface area (Å²) in [5.41, 5.74) is 1.02. The lowest BCUT2D eigenvalue weighted by Gasteiger charge is -2.15. The molecule has 1 atom stereocenters. The third kappa shape index (κ3) is 5.42. The van der Waals surface area contributed by atoms with Crippen LogP contribution in [0.2, 0.25) is 0 Å². The summed E-state index contributed by atoms with van der Waals surface area (Å²) in [5.74, 6) is 0.348. The first kappa shape index (κ1) is 18.6. The number of rotatable bonds is 6. The van der Waals surface area contributed by atoms with Crippen molar-refractivity contribution in [3.63, 3.8) is 0 Å². The van der Waals surface area contributed by atoms with Crippen molar-refractivity contribution >= 4 is 24.0 Å². The minimum absolute atomic E-state index is 0. The average molecular weight is 335 g/mol. The Labute approximate surface area is 135 Å². The third-order valence-corrected chi connectivity index (χ3v) is 3.66. The van der Waals surface area contributed by atoms with E-state index in [1.807, 2.05) is 0 Å². The molecule has 0 bridgehead atoms. The second-order valence-electron chi connectivity index (χ2n) is 5.27. The number of anilines is 1. The maximum absolute atomic E-state index is 12.4. The van der Waals surface area contributed by atoms with E-state index in [2.05, 4.69) is 15.4 Å². The molecule has 1 aliphatic rings. The molecule has 7 heteroatoms. The van der Waals surface area contributed by atoms with E-state index < -0.39 is 6.61 Å². The number of halogens is 3. The van der Waals surface area contributed by atoms with Crippen molar-refractivity contribution in [1.29, 1.82) is 0 Å². The minimum atomic E-state index is -2.91. The highest BCUT2D eigenvalue weighted by Crippen LogP contribution is 2.29. The van der Waals surface area contributed by atoms with Gasteiger partial charge in [-0.25, -0.2) is 0 Å². The van der Waals surface area contributed by atoms with Crippen LogP contribution in [0.3, 0.4) is 0 Å². The maximum Gasteiger partial charge on any atom is 0.387 e. The fraction of sp³-hybridized carbons (Fsp3) is 0.533. The summed E-state index contributed by atoms with van der Waals surface area (Å²) in [5, 5.41) is 5.94. The fourth-order valence-electron chi connectivity index (χ4n) is 2.49. The molecule has 2 rings (SSSR count). The molecule has 1 aromatic rings. The van der Waals surface area contributed by atoms with Crippen molar-refractivity contribution in [2.24, 2.45) is 5.92 Å². The monoisotopic (exact) mass is 334 g/mol. The van der Waals surface area contributed by atoms with Gasteiger partial charge in [0, 0.05) is 6.42 Å². The average Bonchev–Trinajstić information content (AvgIpc) is 2.93. The highest BCUT2D eigenvalue weighted by Gasteiger charge is 2.17. The quantitative estimate of drug-likeness (QED) is 0.839. The van der Waals surface area contributed by atoms with Crippen LogP contribution < -0.4 is 15.4 Å². The van der Waals surface area contributed by atoms with Gasteiger partial charge in [-0.2, -0.15) is 8.78 Å². The van der Waals surface area contributed by atoms with Crippen molar-refractivity contribution in [3.8, 4) is 5.75 Å². The molecule has 1 aliphatic heterocycles. The first-order valence-corrected chi connectivity index (χ1v) is 7.11. The molecule has 0 saturated carbocycles. The predicted octanol–water partition coefficient (Wildman–Crippen LogP) is 3.35. The number of aryl methyl sites for hydroxylation is 1. The van der Waals surface area contributed by atoms with Gasteiger partial charge in [-0.1, -0.05) is 12.1 Å². The van der Waals surface area contributed by atoms with E-state index in [0.717, 1.165) is 25.9 Å². The Morgan fingerprint density at radius 1 is 1.50 bits per heavy atom. The van der Waals surface area contributed by atoms with Crippen LogP contribution in [0.4, 0.5) is 14.5 Å². The SMILES string of the molecule is Cc1cccc(OC(F)F)c1NC(=O)CCC1CCNC1.Cl. The Kier molecular flexibility index (Phi) is 7.55. The number of carbonyl (C=O) groups is 1. The van der Waals surface area contributed by atoms with E-state index in [4.69, 9.17) is 0 Å². The number of amides is 1. The topological polar surface area (TPSA) is 50.4 Å². The lowest BCUT2D eigenvalue weighted by molar-refractivity contribution is -0.116. The first-order valence-electron chi connectivity index (χ1n) is 7.11. The van der Waals surface area contributed by atoms with Crippen LogP contribution in [0.15, 0.2) is 18.2 Å². The molecule has 0 spiro atoms. The Balaban J connectivity index is 0.00000242. The first-order chi connectivity index (χ1) is 10.1. The van der Waals surface area contributed by atoms with Crippen LogP contribution in [0.5, 0.6) is 5.75 Å². The number of hydrogen-bond acceptors (Lipinski definition) is 3. The molecule has 22 heavy (non-hydrogen) atoms. The molecular weight excluding hydrogens is 314 g/mol. The smallest absolute Gasteiger partial charge is 0.387 e. The summed E-state index contributed by atoms with van der Waals surface area (Å²) in [4.78, 5) is 12.0. The van der Waals surface area contributed by atoms with Gasteiger partial charge >= 0.3 is 6.61 Å². The zero-order chi connectivity index (χ0) is 15.2. The summed E-state index contributed by atoms with van der Waals surface area (Å²) >= 11 is 0. The Hall–Kier alpha value is -1.40. The second kappa shape index (κ2) is 8.90. The summed E-state index contributed by atoms with van der Waals surface area (Å²) in [6.07, 6.45) is 2.27. The zero-order valence-corrected chi connectivity index (χ0v) is 13.2. The number of nitrogens with one attached hydrogen (secondary N) is 2. The standard InChI is InChI=1S/C15H20F2N2O2.ClH/c1-10-3-2-4-12(21-15(16)17)14(10)19-13(20)6-5-11-7-8-18-9-11;/h2-4,11,15,18H,5-9H2,1H3,(H,19,20);1H. The van der Waals surface area contributed by atoms with Crippen LogP contribution in [0.25, 0.3) is 0 Å². The number of ether oxygens (including phenoxy) is 1. The Morgan fingerprint density at radius 3 is 2.91 bits per heavy atom. The number of carbonyl (C=O) groups excluding carboxylic acids is 1. The fourth-order valence-corrected chi connectivity index (χ4v) is 2.49. The molecule has 0 aromatic heterocycles. The van der Waals surface area contributed by atoms with Crippen LogP contribution >= 0.6 is 12.4 Å². The van der Waals surface area contributed by atoms with Gasteiger partial charge in [-0.05, 0) is 50.4 Å². The largest absolute Gasteiger partial charge is 0.433 e. The summed E-state index contributed by atoms with van der Waals surface area (Å²) in [7, 11) is 0. The van der Waals surface area contributed by atoms with Crippen molar-refractivity contribution < 1.29 is 18.3 Å². The molecule has 1 unspecified atom stereocenters. The lowest BCUT2D eigenvalue weighted by Crippen LogP contribution is -2.16. The summed E-state index contributed by atoms with van der Waals surface area (Å²) in [6.45, 7) is 0.773. The van der Waals surface area contributed by atoms with E-state index in [0.29, 0.717) is 23.6 Å². The van der Waals surface area contributed by atoms with Gasteiger partial charge in [0.05, 0.1) is 5.69 Å². The van der Waals surface area contributed by atoms with Crippen molar-refractivity contribution in [1.82, 2.24) is 5.32 Å². The van der Waals surface area contributed by atoms with Crippen LogP contribution in [0, 0.1) is 12.8 Å². The molecule has 2 N–H and O–H groups in total. The highest BCUT2D eigenvalue weighted by molar-refractivity contribution is 5.93. The van der Waals surface area contributed by atoms with E-state index in [1.165, 1.54) is 6.07 Å². The normalized spacial score (nSPS) is 17.2. The van der Waals surface area contributed by atoms with Crippen molar-refractivity contribution in [2.45, 2.75) is 32.8 Å². The predicted molar refractivity (Wildman–Crippen MR) is 83.9 cm³/mol. The van der Waals surface area contributed by atoms with Gasteiger partial charge in [0.2, 0.25) is 5.91 Å². The molecule has 1 saturated heterocycles. The van der Waals surface area contributed by atoms with Gasteiger partial charge in [0.25, 0.3) is 0 Å². The van der Waals surface area contributed by atoms with Gasteiger partial charge in [-0.3, -0.25) is 4.79 Å². The van der Waals surface area contributed by atoms with E-state index in [-0.39, 0.29) is 24.1 Å². The molecule has 0 radical (unpaired) electrons. The number of benzene rings is 1. The van der Waals surface area contributed by atoms with Crippen LogP contribution in [-0.2, 0) is 4.79 Å². The van der Waals surface area contributed by atoms with Gasteiger partial charge in [0.15, 0.2) is 0 Å². The molecule has 1 heterocycles. The maximum atomic E-state index is 12.4. The molecular formula is C15H21ClF2N2O2. The summed E-state index contributed by atoms with van der Waals surface area (Å²) < 4.78 is 29.2. The molecule has 124 valence electrons.